The van der Waals surface area contributed by atoms with E-state index in [1.54, 1.807) is 18.3 Å². The molecule has 0 saturated heterocycles. The van der Waals surface area contributed by atoms with Crippen molar-refractivity contribution in [1.82, 2.24) is 9.78 Å². The van der Waals surface area contributed by atoms with E-state index in [9.17, 15) is 13.2 Å². The van der Waals surface area contributed by atoms with E-state index in [2.05, 4.69) is 24.3 Å². The van der Waals surface area contributed by atoms with Crippen molar-refractivity contribution in [2.24, 2.45) is 0 Å². The first-order valence-electron chi connectivity index (χ1n) is 6.87. The lowest BCUT2D eigenvalue weighted by Crippen LogP contribution is -2.13. The third kappa shape index (κ3) is 4.67. The molecular formula is C14H19N3O3S2. The molecule has 120 valence electrons. The Balaban J connectivity index is 1.98. The molecule has 0 bridgehead atoms. The molecular weight excluding hydrogens is 322 g/mol. The molecule has 2 aromatic heterocycles. The van der Waals surface area contributed by atoms with E-state index in [0.29, 0.717) is 16.6 Å². The standard InChI is InChI=1S/C14H19N3O3S2/c1-10(2)11-4-5-12(21-11)14(18)15-13-6-7-17(16-13)8-9-22(3,19)20/h4-7,10H,8-9H2,1-3H3,(H,15,16,18). The van der Waals surface area contributed by atoms with Gasteiger partial charge in [-0.3, -0.25) is 9.48 Å². The number of rotatable bonds is 6. The predicted molar refractivity (Wildman–Crippen MR) is 88.3 cm³/mol. The second-order valence-electron chi connectivity index (χ2n) is 5.40. The second kappa shape index (κ2) is 6.62. The summed E-state index contributed by atoms with van der Waals surface area (Å²) in [5, 5.41) is 6.86. The van der Waals surface area contributed by atoms with Gasteiger partial charge in [0, 0.05) is 23.4 Å². The zero-order valence-corrected chi connectivity index (χ0v) is 14.4. The molecule has 2 aromatic rings. The molecule has 0 unspecified atom stereocenters. The average molecular weight is 341 g/mol. The first-order valence-corrected chi connectivity index (χ1v) is 9.74. The Hall–Kier alpha value is -1.67. The molecule has 0 fully saturated rings. The number of amides is 1. The summed E-state index contributed by atoms with van der Waals surface area (Å²) in [6, 6.07) is 5.40. The third-order valence-electron chi connectivity index (χ3n) is 2.99. The zero-order chi connectivity index (χ0) is 16.3. The Morgan fingerprint density at radius 2 is 2.09 bits per heavy atom. The van der Waals surface area contributed by atoms with E-state index < -0.39 is 9.84 Å². The number of hydrogen-bond acceptors (Lipinski definition) is 5. The first-order chi connectivity index (χ1) is 10.2. The lowest BCUT2D eigenvalue weighted by Gasteiger charge is -2.01. The number of hydrogen-bond donors (Lipinski definition) is 1. The molecule has 0 spiro atoms. The average Bonchev–Trinajstić information content (AvgIpc) is 3.04. The van der Waals surface area contributed by atoms with Gasteiger partial charge in [0.25, 0.3) is 5.91 Å². The van der Waals surface area contributed by atoms with Crippen molar-refractivity contribution >= 4 is 32.9 Å². The normalized spacial score (nSPS) is 11.8. The van der Waals surface area contributed by atoms with E-state index in [-0.39, 0.29) is 18.2 Å². The van der Waals surface area contributed by atoms with Crippen LogP contribution < -0.4 is 5.32 Å². The fourth-order valence-corrected chi connectivity index (χ4v) is 3.20. The van der Waals surface area contributed by atoms with Crippen LogP contribution in [0.25, 0.3) is 0 Å². The number of aryl methyl sites for hydroxylation is 1. The molecule has 6 nitrogen and oxygen atoms in total. The van der Waals surface area contributed by atoms with E-state index in [4.69, 9.17) is 0 Å². The Bertz CT molecular complexity index is 760. The monoisotopic (exact) mass is 341 g/mol. The quantitative estimate of drug-likeness (QED) is 0.874. The molecule has 0 atom stereocenters. The number of carbonyl (C=O) groups is 1. The SMILES string of the molecule is CC(C)c1ccc(C(=O)Nc2ccn(CCS(C)(=O)=O)n2)s1. The lowest BCUT2D eigenvalue weighted by molar-refractivity contribution is 0.103. The molecule has 0 aliphatic heterocycles. The van der Waals surface area contributed by atoms with Crippen LogP contribution in [0.5, 0.6) is 0 Å². The summed E-state index contributed by atoms with van der Waals surface area (Å²) < 4.78 is 23.7. The van der Waals surface area contributed by atoms with Gasteiger partial charge in [0.1, 0.15) is 9.84 Å². The van der Waals surface area contributed by atoms with Gasteiger partial charge in [-0.25, -0.2) is 8.42 Å². The number of anilines is 1. The maximum absolute atomic E-state index is 12.1. The van der Waals surface area contributed by atoms with Crippen LogP contribution in [-0.2, 0) is 16.4 Å². The first kappa shape index (κ1) is 16.7. The molecule has 0 aromatic carbocycles. The van der Waals surface area contributed by atoms with Crippen molar-refractivity contribution in [3.05, 3.63) is 34.2 Å². The van der Waals surface area contributed by atoms with Crippen molar-refractivity contribution in [2.75, 3.05) is 17.3 Å². The van der Waals surface area contributed by atoms with Gasteiger partial charge in [-0.15, -0.1) is 11.3 Å². The molecule has 0 saturated carbocycles. The van der Waals surface area contributed by atoms with Crippen LogP contribution >= 0.6 is 11.3 Å². The second-order valence-corrected chi connectivity index (χ2v) is 8.78. The van der Waals surface area contributed by atoms with Crippen molar-refractivity contribution in [3.63, 3.8) is 0 Å². The summed E-state index contributed by atoms with van der Waals surface area (Å²) in [7, 11) is -3.03. The highest BCUT2D eigenvalue weighted by molar-refractivity contribution is 7.90. The van der Waals surface area contributed by atoms with E-state index in [1.807, 2.05) is 6.07 Å². The van der Waals surface area contributed by atoms with Gasteiger partial charge >= 0.3 is 0 Å². The summed E-state index contributed by atoms with van der Waals surface area (Å²) in [6.07, 6.45) is 2.83. The van der Waals surface area contributed by atoms with Gasteiger partial charge in [0.2, 0.25) is 0 Å². The third-order valence-corrected chi connectivity index (χ3v) is 5.30. The molecule has 0 aliphatic carbocycles. The minimum Gasteiger partial charge on any atom is -0.304 e. The molecule has 8 heteroatoms. The lowest BCUT2D eigenvalue weighted by atomic mass is 10.2. The van der Waals surface area contributed by atoms with Crippen molar-refractivity contribution in [1.29, 1.82) is 0 Å². The highest BCUT2D eigenvalue weighted by Crippen LogP contribution is 2.24. The minimum atomic E-state index is -3.03. The fraction of sp³-hybridized carbons (Fsp3) is 0.429. The summed E-state index contributed by atoms with van der Waals surface area (Å²) >= 11 is 1.46. The Kier molecular flexibility index (Phi) is 5.02. The number of carbonyl (C=O) groups excluding carboxylic acids is 1. The van der Waals surface area contributed by atoms with Gasteiger partial charge in [-0.2, -0.15) is 5.10 Å². The number of sulfone groups is 1. The molecule has 2 heterocycles. The minimum absolute atomic E-state index is 0.0186. The molecule has 1 amide bonds. The van der Waals surface area contributed by atoms with Gasteiger partial charge in [-0.05, 0) is 18.1 Å². The molecule has 2 rings (SSSR count). The molecule has 0 radical (unpaired) electrons. The zero-order valence-electron chi connectivity index (χ0n) is 12.7. The maximum atomic E-state index is 12.1. The van der Waals surface area contributed by atoms with Crippen LogP contribution in [0.4, 0.5) is 5.82 Å². The van der Waals surface area contributed by atoms with Gasteiger partial charge in [0.15, 0.2) is 5.82 Å². The summed E-state index contributed by atoms with van der Waals surface area (Å²) in [5.74, 6) is 0.620. The van der Waals surface area contributed by atoms with Crippen LogP contribution in [0.3, 0.4) is 0 Å². The number of nitrogens with one attached hydrogen (secondary N) is 1. The molecule has 22 heavy (non-hydrogen) atoms. The summed E-state index contributed by atoms with van der Waals surface area (Å²) in [4.78, 5) is 13.9. The maximum Gasteiger partial charge on any atom is 0.266 e. The Labute approximate surface area is 134 Å². The van der Waals surface area contributed by atoms with Crippen molar-refractivity contribution in [2.45, 2.75) is 26.3 Å². The topological polar surface area (TPSA) is 81.1 Å². The highest BCUT2D eigenvalue weighted by atomic mass is 32.2. The number of aromatic nitrogens is 2. The predicted octanol–water partition coefficient (Wildman–Crippen LogP) is 2.36. The van der Waals surface area contributed by atoms with Gasteiger partial charge in [-0.1, -0.05) is 13.8 Å². The smallest absolute Gasteiger partial charge is 0.266 e. The van der Waals surface area contributed by atoms with Crippen LogP contribution in [0.1, 0.15) is 34.3 Å². The fourth-order valence-electron chi connectivity index (χ4n) is 1.78. The molecule has 0 aliphatic rings. The van der Waals surface area contributed by atoms with Gasteiger partial charge < -0.3 is 5.32 Å². The van der Waals surface area contributed by atoms with Crippen LogP contribution in [0, 0.1) is 0 Å². The van der Waals surface area contributed by atoms with Crippen molar-refractivity contribution in [3.8, 4) is 0 Å². The summed E-state index contributed by atoms with van der Waals surface area (Å²) in [5.41, 5.74) is 0. The van der Waals surface area contributed by atoms with E-state index in [0.717, 1.165) is 4.88 Å². The van der Waals surface area contributed by atoms with Crippen molar-refractivity contribution < 1.29 is 13.2 Å². The van der Waals surface area contributed by atoms with Crippen LogP contribution in [0.2, 0.25) is 0 Å². The van der Waals surface area contributed by atoms with E-state index in [1.165, 1.54) is 22.3 Å². The Morgan fingerprint density at radius 3 is 2.68 bits per heavy atom. The van der Waals surface area contributed by atoms with Crippen LogP contribution in [0.15, 0.2) is 24.4 Å². The van der Waals surface area contributed by atoms with E-state index >= 15 is 0 Å². The number of nitrogens with zero attached hydrogens (tertiary/aromatic N) is 2. The Morgan fingerprint density at radius 1 is 1.36 bits per heavy atom. The van der Waals surface area contributed by atoms with Gasteiger partial charge in [0.05, 0.1) is 17.2 Å². The largest absolute Gasteiger partial charge is 0.304 e. The highest BCUT2D eigenvalue weighted by Gasteiger charge is 2.12. The molecule has 1 N–H and O–H groups in total. The van der Waals surface area contributed by atoms with Crippen LogP contribution in [-0.4, -0.2) is 36.1 Å². The summed E-state index contributed by atoms with van der Waals surface area (Å²) in [6.45, 7) is 4.43. The number of thiophene rings is 1.